The summed E-state index contributed by atoms with van der Waals surface area (Å²) in [6, 6.07) is 14.9. The van der Waals surface area contributed by atoms with Crippen LogP contribution < -0.4 is 10.6 Å². The van der Waals surface area contributed by atoms with Crippen molar-refractivity contribution in [3.63, 3.8) is 0 Å². The Morgan fingerprint density at radius 1 is 0.710 bits per heavy atom. The molecule has 2 aromatic carbocycles. The highest BCUT2D eigenvalue weighted by molar-refractivity contribution is 5.87. The van der Waals surface area contributed by atoms with Crippen molar-refractivity contribution in [3.05, 3.63) is 59.7 Å². The highest BCUT2D eigenvalue weighted by Gasteiger charge is 2.05. The van der Waals surface area contributed by atoms with E-state index in [1.165, 1.54) is 0 Å². The number of rotatable bonds is 8. The number of carbonyl (C=O) groups excluding carboxylic acids is 2. The molecule has 8 nitrogen and oxygen atoms in total. The molecular formula is C23H28N4O4. The van der Waals surface area contributed by atoms with E-state index in [4.69, 9.17) is 9.68 Å². The minimum absolute atomic E-state index is 0.622. The van der Waals surface area contributed by atoms with Crippen LogP contribution in [0.25, 0.3) is 0 Å². The van der Waals surface area contributed by atoms with Gasteiger partial charge in [0.2, 0.25) is 0 Å². The number of nitrogens with zero attached hydrogens (tertiary/aromatic N) is 2. The first kappa shape index (κ1) is 23.6. The largest absolute Gasteiger partial charge is 0.437 e. The SMILES string of the molecule is CCC(C)=NOC(=O)Nc1ccc(Cc2ccc(NC(=O)ON=C(C)CC)cc2)cc1. The summed E-state index contributed by atoms with van der Waals surface area (Å²) < 4.78 is 0. The summed E-state index contributed by atoms with van der Waals surface area (Å²) in [5, 5.41) is 12.7. The molecule has 0 saturated heterocycles. The van der Waals surface area contributed by atoms with Crippen LogP contribution in [0, 0.1) is 0 Å². The lowest BCUT2D eigenvalue weighted by atomic mass is 10.0. The van der Waals surface area contributed by atoms with Crippen molar-refractivity contribution in [1.29, 1.82) is 0 Å². The standard InChI is InChI=1S/C23H28N4O4/c1-5-16(3)26-30-22(28)24-20-11-7-18(8-12-20)15-19-9-13-21(14-10-19)25-23(29)31-27-17(4)6-2/h7-14H,5-6,15H2,1-4H3,(H,24,28)(H,25,29). The fourth-order valence-electron chi connectivity index (χ4n) is 2.30. The molecule has 0 aliphatic rings. The van der Waals surface area contributed by atoms with Crippen molar-refractivity contribution < 1.29 is 19.3 Å². The van der Waals surface area contributed by atoms with Gasteiger partial charge in [0.15, 0.2) is 0 Å². The lowest BCUT2D eigenvalue weighted by Crippen LogP contribution is -2.11. The van der Waals surface area contributed by atoms with E-state index in [-0.39, 0.29) is 0 Å². The third-order valence-electron chi connectivity index (χ3n) is 4.40. The molecule has 0 fully saturated rings. The van der Waals surface area contributed by atoms with Gasteiger partial charge in [-0.15, -0.1) is 0 Å². The maximum absolute atomic E-state index is 11.7. The number of benzene rings is 2. The molecule has 0 atom stereocenters. The predicted octanol–water partition coefficient (Wildman–Crippen LogP) is 5.95. The average molecular weight is 425 g/mol. The van der Waals surface area contributed by atoms with Gasteiger partial charge in [-0.2, -0.15) is 0 Å². The molecule has 2 N–H and O–H groups in total. The summed E-state index contributed by atoms with van der Waals surface area (Å²) in [6.07, 6.45) is 0.887. The molecule has 8 heteroatoms. The molecule has 0 heterocycles. The van der Waals surface area contributed by atoms with E-state index in [9.17, 15) is 9.59 Å². The van der Waals surface area contributed by atoms with Gasteiger partial charge in [0.25, 0.3) is 0 Å². The summed E-state index contributed by atoms with van der Waals surface area (Å²) in [7, 11) is 0. The van der Waals surface area contributed by atoms with Crippen LogP contribution in [0.5, 0.6) is 0 Å². The van der Waals surface area contributed by atoms with Crippen molar-refractivity contribution in [2.45, 2.75) is 47.0 Å². The van der Waals surface area contributed by atoms with Gasteiger partial charge in [0, 0.05) is 11.4 Å². The molecule has 2 amide bonds. The quantitative estimate of drug-likeness (QED) is 0.311. The number of hydrogen-bond donors (Lipinski definition) is 2. The second kappa shape index (κ2) is 12.1. The van der Waals surface area contributed by atoms with E-state index >= 15 is 0 Å². The van der Waals surface area contributed by atoms with E-state index in [0.29, 0.717) is 17.8 Å². The van der Waals surface area contributed by atoms with Crippen LogP contribution >= 0.6 is 0 Å². The zero-order valence-electron chi connectivity index (χ0n) is 18.3. The van der Waals surface area contributed by atoms with Crippen LogP contribution in [-0.2, 0) is 16.1 Å². The Balaban J connectivity index is 1.86. The molecular weight excluding hydrogens is 396 g/mol. The van der Waals surface area contributed by atoms with E-state index in [2.05, 4.69) is 20.9 Å². The van der Waals surface area contributed by atoms with Gasteiger partial charge >= 0.3 is 12.2 Å². The normalized spacial score (nSPS) is 11.6. The van der Waals surface area contributed by atoms with Gasteiger partial charge in [0.1, 0.15) is 0 Å². The summed E-state index contributed by atoms with van der Waals surface area (Å²) in [4.78, 5) is 33.0. The van der Waals surface area contributed by atoms with E-state index < -0.39 is 12.2 Å². The molecule has 2 aromatic rings. The Kier molecular flexibility index (Phi) is 9.22. The Bertz CT molecular complexity index is 858. The van der Waals surface area contributed by atoms with E-state index in [1.807, 2.05) is 38.1 Å². The lowest BCUT2D eigenvalue weighted by molar-refractivity contribution is 0.165. The summed E-state index contributed by atoms with van der Waals surface area (Å²) in [6.45, 7) is 7.45. The molecule has 0 bridgehead atoms. The lowest BCUT2D eigenvalue weighted by Gasteiger charge is -2.07. The fraction of sp³-hybridized carbons (Fsp3) is 0.304. The third kappa shape index (κ3) is 8.69. The Labute approximate surface area is 182 Å². The number of carbonyl (C=O) groups is 2. The second-order valence-corrected chi connectivity index (χ2v) is 6.94. The van der Waals surface area contributed by atoms with Crippen LogP contribution in [0.3, 0.4) is 0 Å². The molecule has 0 radical (unpaired) electrons. The van der Waals surface area contributed by atoms with Crippen LogP contribution in [0.1, 0.15) is 51.7 Å². The second-order valence-electron chi connectivity index (χ2n) is 6.94. The molecule has 0 unspecified atom stereocenters. The maximum atomic E-state index is 11.7. The van der Waals surface area contributed by atoms with Gasteiger partial charge in [-0.25, -0.2) is 9.59 Å². The van der Waals surface area contributed by atoms with Crippen molar-refractivity contribution >= 4 is 35.0 Å². The first-order valence-electron chi connectivity index (χ1n) is 10.1. The number of oxime groups is 2. The van der Waals surface area contributed by atoms with Crippen molar-refractivity contribution in [1.82, 2.24) is 0 Å². The van der Waals surface area contributed by atoms with Gasteiger partial charge in [-0.1, -0.05) is 48.4 Å². The van der Waals surface area contributed by atoms with Gasteiger partial charge in [0.05, 0.1) is 11.4 Å². The van der Waals surface area contributed by atoms with Crippen LogP contribution in [0.15, 0.2) is 58.8 Å². The number of nitrogens with one attached hydrogen (secondary N) is 2. The third-order valence-corrected chi connectivity index (χ3v) is 4.40. The molecule has 0 aliphatic carbocycles. The molecule has 2 rings (SSSR count). The van der Waals surface area contributed by atoms with Gasteiger partial charge < -0.3 is 0 Å². The Hall–Kier alpha value is -3.68. The van der Waals surface area contributed by atoms with Crippen LogP contribution in [0.2, 0.25) is 0 Å². The van der Waals surface area contributed by atoms with Crippen molar-refractivity contribution in [3.8, 4) is 0 Å². The van der Waals surface area contributed by atoms with E-state index in [1.54, 1.807) is 38.1 Å². The molecule has 164 valence electrons. The fourth-order valence-corrected chi connectivity index (χ4v) is 2.30. The first-order chi connectivity index (χ1) is 14.9. The van der Waals surface area contributed by atoms with Gasteiger partial charge in [-0.3, -0.25) is 20.3 Å². The highest BCUT2D eigenvalue weighted by atomic mass is 16.7. The molecule has 0 saturated carbocycles. The zero-order valence-corrected chi connectivity index (χ0v) is 18.3. The average Bonchev–Trinajstić information content (AvgIpc) is 2.78. The summed E-state index contributed by atoms with van der Waals surface area (Å²) in [5.74, 6) is 0. The van der Waals surface area contributed by atoms with Crippen LogP contribution in [-0.4, -0.2) is 23.6 Å². The topological polar surface area (TPSA) is 101 Å². The Morgan fingerprint density at radius 3 is 1.39 bits per heavy atom. The number of hydrogen-bond acceptors (Lipinski definition) is 6. The maximum Gasteiger partial charge on any atom is 0.437 e. The molecule has 0 aliphatic heterocycles. The summed E-state index contributed by atoms with van der Waals surface area (Å²) >= 11 is 0. The van der Waals surface area contributed by atoms with Gasteiger partial charge in [-0.05, 0) is 68.5 Å². The summed E-state index contributed by atoms with van der Waals surface area (Å²) in [5.41, 5.74) is 4.87. The molecule has 31 heavy (non-hydrogen) atoms. The van der Waals surface area contributed by atoms with Crippen LogP contribution in [0.4, 0.5) is 21.0 Å². The number of anilines is 2. The Morgan fingerprint density at radius 2 is 1.06 bits per heavy atom. The zero-order chi connectivity index (χ0) is 22.6. The van der Waals surface area contributed by atoms with Crippen molar-refractivity contribution in [2.24, 2.45) is 10.3 Å². The molecule has 0 spiro atoms. The molecule has 0 aromatic heterocycles. The van der Waals surface area contributed by atoms with Crippen molar-refractivity contribution in [2.75, 3.05) is 10.6 Å². The number of amides is 2. The smallest absolute Gasteiger partial charge is 0.298 e. The minimum Gasteiger partial charge on any atom is -0.298 e. The predicted molar refractivity (Wildman–Crippen MR) is 123 cm³/mol. The first-order valence-corrected chi connectivity index (χ1v) is 10.1. The van der Waals surface area contributed by atoms with E-state index in [0.717, 1.165) is 35.4 Å². The highest BCUT2D eigenvalue weighted by Crippen LogP contribution is 2.16. The minimum atomic E-state index is -0.627. The monoisotopic (exact) mass is 424 g/mol.